The first-order valence-electron chi connectivity index (χ1n) is 6.84. The highest BCUT2D eigenvalue weighted by atomic mass is 16.1. The van der Waals surface area contributed by atoms with E-state index in [9.17, 15) is 4.79 Å². The molecule has 1 aromatic heterocycles. The second kappa shape index (κ2) is 5.33. The summed E-state index contributed by atoms with van der Waals surface area (Å²) in [5, 5.41) is 5.84. The van der Waals surface area contributed by atoms with E-state index in [-0.39, 0.29) is 5.91 Å². The smallest absolute Gasteiger partial charge is 0.274 e. The molecule has 0 bridgehead atoms. The molecule has 1 amide bonds. The van der Waals surface area contributed by atoms with Gasteiger partial charge in [-0.25, -0.2) is 4.98 Å². The molecule has 4 heteroatoms. The molecule has 0 saturated heterocycles. The average Bonchev–Trinajstić information content (AvgIpc) is 2.95. The number of benzene rings is 1. The van der Waals surface area contributed by atoms with Crippen LogP contribution in [0.4, 0.5) is 11.5 Å². The number of carbonyl (C=O) groups excluding carboxylic acids is 1. The van der Waals surface area contributed by atoms with Crippen LogP contribution < -0.4 is 10.6 Å². The fourth-order valence-electron chi connectivity index (χ4n) is 2.55. The molecule has 0 radical (unpaired) electrons. The quantitative estimate of drug-likeness (QED) is 0.899. The number of anilines is 2. The number of hydrogen-bond acceptors (Lipinski definition) is 3. The minimum absolute atomic E-state index is 0.181. The second-order valence-corrected chi connectivity index (χ2v) is 4.95. The van der Waals surface area contributed by atoms with Crippen LogP contribution >= 0.6 is 0 Å². The van der Waals surface area contributed by atoms with Gasteiger partial charge in [-0.3, -0.25) is 4.79 Å². The van der Waals surface area contributed by atoms with Crippen LogP contribution in [0.2, 0.25) is 0 Å². The zero-order valence-electron chi connectivity index (χ0n) is 11.4. The lowest BCUT2D eigenvalue weighted by Crippen LogP contribution is -2.14. The van der Waals surface area contributed by atoms with Gasteiger partial charge in [0, 0.05) is 12.7 Å². The highest BCUT2D eigenvalue weighted by molar-refractivity contribution is 6.03. The topological polar surface area (TPSA) is 54.0 Å². The predicted octanol–water partition coefficient (Wildman–Crippen LogP) is 2.86. The van der Waals surface area contributed by atoms with Gasteiger partial charge >= 0.3 is 0 Å². The third-order valence-electron chi connectivity index (χ3n) is 3.59. The molecule has 102 valence electrons. The first-order valence-corrected chi connectivity index (χ1v) is 6.84. The number of hydrogen-bond donors (Lipinski definition) is 2. The molecule has 2 N–H and O–H groups in total. The molecular formula is C16H17N3O. The molecule has 0 unspecified atom stereocenters. The summed E-state index contributed by atoms with van der Waals surface area (Å²) in [6, 6.07) is 11.5. The molecular weight excluding hydrogens is 250 g/mol. The van der Waals surface area contributed by atoms with Crippen LogP contribution in [0.15, 0.2) is 36.4 Å². The summed E-state index contributed by atoms with van der Waals surface area (Å²) in [6.07, 6.45) is 3.46. The Hall–Kier alpha value is -2.36. The number of nitrogens with one attached hydrogen (secondary N) is 2. The molecule has 1 aliphatic carbocycles. The van der Waals surface area contributed by atoms with Crippen molar-refractivity contribution in [3.05, 3.63) is 53.2 Å². The summed E-state index contributed by atoms with van der Waals surface area (Å²) in [6.45, 7) is 0. The Balaban J connectivity index is 1.78. The van der Waals surface area contributed by atoms with Crippen LogP contribution in [-0.4, -0.2) is 17.9 Å². The van der Waals surface area contributed by atoms with Crippen molar-refractivity contribution >= 4 is 17.4 Å². The molecule has 2 aromatic rings. The summed E-state index contributed by atoms with van der Waals surface area (Å²) in [4.78, 5) is 16.4. The fraction of sp³-hybridized carbons (Fsp3) is 0.250. The number of amides is 1. The number of aromatic nitrogens is 1. The lowest BCUT2D eigenvalue weighted by atomic mass is 10.1. The molecule has 3 rings (SSSR count). The molecule has 20 heavy (non-hydrogen) atoms. The Labute approximate surface area is 118 Å². The van der Waals surface area contributed by atoms with Crippen LogP contribution in [0.5, 0.6) is 0 Å². The predicted molar refractivity (Wildman–Crippen MR) is 80.2 cm³/mol. The lowest BCUT2D eigenvalue weighted by Gasteiger charge is -2.08. The molecule has 0 saturated carbocycles. The van der Waals surface area contributed by atoms with Gasteiger partial charge in [0.1, 0.15) is 11.5 Å². The van der Waals surface area contributed by atoms with Crippen molar-refractivity contribution in [2.24, 2.45) is 0 Å². The number of fused-ring (bicyclic) bond motifs is 1. The van der Waals surface area contributed by atoms with Crippen LogP contribution in [0.1, 0.15) is 28.0 Å². The van der Waals surface area contributed by atoms with Gasteiger partial charge in [-0.15, -0.1) is 0 Å². The van der Waals surface area contributed by atoms with Crippen LogP contribution in [0.25, 0.3) is 0 Å². The van der Waals surface area contributed by atoms with Gasteiger partial charge in [0.25, 0.3) is 5.91 Å². The van der Waals surface area contributed by atoms with Crippen molar-refractivity contribution in [3.8, 4) is 0 Å². The van der Waals surface area contributed by atoms with Crippen molar-refractivity contribution in [2.75, 3.05) is 17.7 Å². The maximum atomic E-state index is 12.2. The van der Waals surface area contributed by atoms with Gasteiger partial charge in [-0.05, 0) is 54.7 Å². The summed E-state index contributed by atoms with van der Waals surface area (Å²) in [5.74, 6) is 0.506. The van der Waals surface area contributed by atoms with E-state index in [0.29, 0.717) is 11.5 Å². The number of pyridine rings is 1. The Kier molecular flexibility index (Phi) is 3.37. The molecule has 0 fully saturated rings. The van der Waals surface area contributed by atoms with E-state index in [1.807, 2.05) is 18.2 Å². The van der Waals surface area contributed by atoms with Gasteiger partial charge in [0.15, 0.2) is 0 Å². The summed E-state index contributed by atoms with van der Waals surface area (Å²) >= 11 is 0. The third kappa shape index (κ3) is 2.50. The number of carbonyl (C=O) groups is 1. The number of aryl methyl sites for hydroxylation is 2. The van der Waals surface area contributed by atoms with E-state index in [4.69, 9.17) is 0 Å². The minimum Gasteiger partial charge on any atom is -0.373 e. The Morgan fingerprint density at radius 1 is 1.15 bits per heavy atom. The highest BCUT2D eigenvalue weighted by Gasteiger charge is 2.13. The van der Waals surface area contributed by atoms with Gasteiger partial charge in [-0.2, -0.15) is 0 Å². The van der Waals surface area contributed by atoms with Crippen molar-refractivity contribution in [1.82, 2.24) is 4.98 Å². The van der Waals surface area contributed by atoms with E-state index in [1.165, 1.54) is 17.5 Å². The standard InChI is InChI=1S/C16H17N3O/c1-17-15-7-3-6-14(19-15)16(20)18-13-9-8-11-4-2-5-12(11)10-13/h3,6-10H,2,4-5H2,1H3,(H,17,19)(H,18,20). The van der Waals surface area contributed by atoms with E-state index in [2.05, 4.69) is 27.8 Å². The van der Waals surface area contributed by atoms with Crippen molar-refractivity contribution in [2.45, 2.75) is 19.3 Å². The van der Waals surface area contributed by atoms with Gasteiger partial charge < -0.3 is 10.6 Å². The summed E-state index contributed by atoms with van der Waals surface area (Å²) in [7, 11) is 1.78. The van der Waals surface area contributed by atoms with Crippen molar-refractivity contribution in [1.29, 1.82) is 0 Å². The number of nitrogens with zero attached hydrogens (tertiary/aromatic N) is 1. The maximum Gasteiger partial charge on any atom is 0.274 e. The van der Waals surface area contributed by atoms with Crippen molar-refractivity contribution in [3.63, 3.8) is 0 Å². The van der Waals surface area contributed by atoms with Gasteiger partial charge in [0.05, 0.1) is 0 Å². The Bertz CT molecular complexity index is 652. The first-order chi connectivity index (χ1) is 9.76. The molecule has 1 aliphatic rings. The summed E-state index contributed by atoms with van der Waals surface area (Å²) < 4.78 is 0. The fourth-order valence-corrected chi connectivity index (χ4v) is 2.55. The summed E-state index contributed by atoms with van der Waals surface area (Å²) in [5.41, 5.74) is 4.00. The molecule has 1 aromatic carbocycles. The molecule has 0 aliphatic heterocycles. The van der Waals surface area contributed by atoms with Gasteiger partial charge in [0.2, 0.25) is 0 Å². The zero-order valence-corrected chi connectivity index (χ0v) is 11.4. The van der Waals surface area contributed by atoms with E-state index >= 15 is 0 Å². The van der Waals surface area contributed by atoms with Crippen LogP contribution in [0.3, 0.4) is 0 Å². The maximum absolute atomic E-state index is 12.2. The minimum atomic E-state index is -0.181. The normalized spacial score (nSPS) is 12.8. The number of rotatable bonds is 3. The third-order valence-corrected chi connectivity index (χ3v) is 3.59. The zero-order chi connectivity index (χ0) is 13.9. The molecule has 0 atom stereocenters. The van der Waals surface area contributed by atoms with E-state index in [1.54, 1.807) is 13.1 Å². The van der Waals surface area contributed by atoms with Crippen LogP contribution in [-0.2, 0) is 12.8 Å². The lowest BCUT2D eigenvalue weighted by molar-refractivity contribution is 0.102. The van der Waals surface area contributed by atoms with Gasteiger partial charge in [-0.1, -0.05) is 12.1 Å². The second-order valence-electron chi connectivity index (χ2n) is 4.95. The molecule has 4 nitrogen and oxygen atoms in total. The van der Waals surface area contributed by atoms with E-state index in [0.717, 1.165) is 18.5 Å². The Morgan fingerprint density at radius 2 is 2.00 bits per heavy atom. The van der Waals surface area contributed by atoms with Crippen molar-refractivity contribution < 1.29 is 4.79 Å². The Morgan fingerprint density at radius 3 is 2.85 bits per heavy atom. The molecule has 0 spiro atoms. The first kappa shape index (κ1) is 12.7. The largest absolute Gasteiger partial charge is 0.373 e. The average molecular weight is 267 g/mol. The van der Waals surface area contributed by atoms with Crippen LogP contribution in [0, 0.1) is 0 Å². The van der Waals surface area contributed by atoms with E-state index < -0.39 is 0 Å². The SMILES string of the molecule is CNc1cccc(C(=O)Nc2ccc3c(c2)CCC3)n1. The molecule has 1 heterocycles. The monoisotopic (exact) mass is 267 g/mol. The highest BCUT2D eigenvalue weighted by Crippen LogP contribution is 2.25.